The van der Waals surface area contributed by atoms with Crippen LogP contribution in [0.3, 0.4) is 0 Å². The zero-order valence-corrected chi connectivity index (χ0v) is 13.0. The van der Waals surface area contributed by atoms with Gasteiger partial charge in [0, 0.05) is 12.3 Å². The lowest BCUT2D eigenvalue weighted by Crippen LogP contribution is -2.07. The van der Waals surface area contributed by atoms with Crippen LogP contribution in [-0.2, 0) is 4.74 Å². The van der Waals surface area contributed by atoms with Gasteiger partial charge in [-0.05, 0) is 12.1 Å². The van der Waals surface area contributed by atoms with Gasteiger partial charge in [-0.2, -0.15) is 0 Å². The van der Waals surface area contributed by atoms with Crippen LogP contribution in [0.5, 0.6) is 11.6 Å². The molecule has 5 nitrogen and oxygen atoms in total. The molecule has 0 aliphatic heterocycles. The second-order valence-electron chi connectivity index (χ2n) is 3.87. The molecule has 0 unspecified atom stereocenters. The normalized spacial score (nSPS) is 10.3. The van der Waals surface area contributed by atoms with Gasteiger partial charge in [0.05, 0.1) is 27.7 Å². The van der Waals surface area contributed by atoms with Gasteiger partial charge in [0.15, 0.2) is 0 Å². The third-order valence-electron chi connectivity index (χ3n) is 2.54. The summed E-state index contributed by atoms with van der Waals surface area (Å²) in [6.45, 7) is 0. The first-order chi connectivity index (χ1) is 9.93. The number of hydrogen-bond acceptors (Lipinski definition) is 5. The van der Waals surface area contributed by atoms with Crippen LogP contribution in [0.4, 0.5) is 5.69 Å². The molecule has 0 saturated carbocycles. The summed E-state index contributed by atoms with van der Waals surface area (Å²) in [5.74, 6) is -0.370. The molecule has 0 bridgehead atoms. The van der Waals surface area contributed by atoms with E-state index in [4.69, 9.17) is 45.3 Å². The zero-order valence-electron chi connectivity index (χ0n) is 10.7. The predicted molar refractivity (Wildman–Crippen MR) is 81.5 cm³/mol. The summed E-state index contributed by atoms with van der Waals surface area (Å²) in [5.41, 5.74) is 6.01. The molecular weight excluding hydrogens is 339 g/mol. The van der Waals surface area contributed by atoms with Crippen LogP contribution in [-0.4, -0.2) is 18.1 Å². The lowest BCUT2D eigenvalue weighted by molar-refractivity contribution is 0.0601. The van der Waals surface area contributed by atoms with E-state index < -0.39 is 5.97 Å². The number of carbonyl (C=O) groups excluding carboxylic acids is 1. The fraction of sp³-hybridized carbons (Fsp3) is 0.0769. The van der Waals surface area contributed by atoms with E-state index in [1.807, 2.05) is 0 Å². The van der Waals surface area contributed by atoms with Gasteiger partial charge < -0.3 is 15.2 Å². The predicted octanol–water partition coefficient (Wildman–Crippen LogP) is 4.20. The summed E-state index contributed by atoms with van der Waals surface area (Å²) in [5, 5.41) is 0.783. The summed E-state index contributed by atoms with van der Waals surface area (Å²) < 4.78 is 10.1. The second-order valence-corrected chi connectivity index (χ2v) is 5.09. The number of nitrogen functional groups attached to an aromatic ring is 1. The third-order valence-corrected chi connectivity index (χ3v) is 3.56. The topological polar surface area (TPSA) is 74.4 Å². The molecule has 0 saturated heterocycles. The quantitative estimate of drug-likeness (QED) is 0.665. The van der Waals surface area contributed by atoms with Crippen molar-refractivity contribution in [3.63, 3.8) is 0 Å². The Morgan fingerprint density at radius 2 is 1.86 bits per heavy atom. The Hall–Kier alpha value is -1.69. The number of esters is 1. The van der Waals surface area contributed by atoms with Crippen molar-refractivity contribution in [2.45, 2.75) is 0 Å². The molecule has 8 heteroatoms. The molecule has 1 aromatic carbocycles. The maximum Gasteiger partial charge on any atom is 0.340 e. The number of pyridine rings is 1. The number of halogens is 3. The number of carbonyl (C=O) groups is 1. The Kier molecular flexibility index (Phi) is 4.77. The number of rotatable bonds is 3. The highest BCUT2D eigenvalue weighted by Gasteiger charge is 2.17. The molecule has 0 atom stereocenters. The molecule has 0 aliphatic rings. The molecule has 0 aliphatic carbocycles. The second kappa shape index (κ2) is 6.39. The number of methoxy groups -OCH3 is 1. The average molecular weight is 348 g/mol. The van der Waals surface area contributed by atoms with E-state index in [1.54, 1.807) is 0 Å². The number of nitrogens with two attached hydrogens (primary N) is 1. The van der Waals surface area contributed by atoms with Crippen LogP contribution in [0.15, 0.2) is 24.4 Å². The molecule has 0 amide bonds. The number of benzene rings is 1. The summed E-state index contributed by atoms with van der Waals surface area (Å²) in [7, 11) is 1.25. The van der Waals surface area contributed by atoms with E-state index >= 15 is 0 Å². The van der Waals surface area contributed by atoms with Gasteiger partial charge in [0.1, 0.15) is 11.4 Å². The number of hydrogen-bond donors (Lipinski definition) is 1. The van der Waals surface area contributed by atoms with Crippen molar-refractivity contribution in [2.75, 3.05) is 12.8 Å². The Morgan fingerprint density at radius 1 is 1.19 bits per heavy atom. The van der Waals surface area contributed by atoms with Crippen molar-refractivity contribution in [3.05, 3.63) is 45.0 Å². The molecular formula is C13H9Cl3N2O3. The highest BCUT2D eigenvalue weighted by molar-refractivity contribution is 6.43. The van der Waals surface area contributed by atoms with Crippen molar-refractivity contribution in [1.29, 1.82) is 0 Å². The Bertz CT molecular complexity index is 707. The zero-order chi connectivity index (χ0) is 15.6. The number of anilines is 1. The molecule has 2 N–H and O–H groups in total. The minimum atomic E-state index is -0.597. The first kappa shape index (κ1) is 15.7. The van der Waals surface area contributed by atoms with E-state index in [9.17, 15) is 4.79 Å². The van der Waals surface area contributed by atoms with Crippen molar-refractivity contribution >= 4 is 46.5 Å². The van der Waals surface area contributed by atoms with Crippen molar-refractivity contribution < 1.29 is 14.3 Å². The van der Waals surface area contributed by atoms with Crippen molar-refractivity contribution in [2.24, 2.45) is 0 Å². The SMILES string of the molecule is COC(=O)c1ccnc(Oc2cc(Cl)c(Cl)cc2Cl)c1N. The van der Waals surface area contributed by atoms with E-state index in [-0.39, 0.29) is 32.9 Å². The standard InChI is InChI=1S/C13H9Cl3N2O3/c1-20-13(19)6-2-3-18-12(11(6)17)21-10-5-8(15)7(14)4-9(10)16/h2-5H,17H2,1H3. The molecule has 110 valence electrons. The number of aromatic nitrogens is 1. The molecule has 21 heavy (non-hydrogen) atoms. The molecule has 0 fully saturated rings. The fourth-order valence-electron chi connectivity index (χ4n) is 1.51. The Balaban J connectivity index is 2.41. The lowest BCUT2D eigenvalue weighted by Gasteiger charge is -2.11. The molecule has 1 heterocycles. The van der Waals surface area contributed by atoms with Crippen LogP contribution in [0, 0.1) is 0 Å². The largest absolute Gasteiger partial charge is 0.465 e. The summed E-state index contributed by atoms with van der Waals surface area (Å²) in [6.07, 6.45) is 1.36. The van der Waals surface area contributed by atoms with Gasteiger partial charge in [-0.25, -0.2) is 9.78 Å². The van der Waals surface area contributed by atoms with Crippen LogP contribution in [0.2, 0.25) is 15.1 Å². The molecule has 0 spiro atoms. The lowest BCUT2D eigenvalue weighted by atomic mass is 10.2. The van der Waals surface area contributed by atoms with Crippen LogP contribution < -0.4 is 10.5 Å². The third kappa shape index (κ3) is 3.32. The van der Waals surface area contributed by atoms with E-state index in [0.717, 1.165) is 0 Å². The summed E-state index contributed by atoms with van der Waals surface area (Å²) in [4.78, 5) is 15.5. The molecule has 2 aromatic rings. The fourth-order valence-corrected chi connectivity index (χ4v) is 2.09. The van der Waals surface area contributed by atoms with E-state index in [0.29, 0.717) is 5.02 Å². The molecule has 0 radical (unpaired) electrons. The summed E-state index contributed by atoms with van der Waals surface area (Å²) >= 11 is 17.7. The van der Waals surface area contributed by atoms with Crippen LogP contribution in [0.1, 0.15) is 10.4 Å². The van der Waals surface area contributed by atoms with Gasteiger partial charge in [-0.3, -0.25) is 0 Å². The van der Waals surface area contributed by atoms with E-state index in [1.165, 1.54) is 31.5 Å². The maximum absolute atomic E-state index is 11.6. The average Bonchev–Trinajstić information content (AvgIpc) is 2.46. The smallest absolute Gasteiger partial charge is 0.340 e. The highest BCUT2D eigenvalue weighted by atomic mass is 35.5. The number of nitrogens with zero attached hydrogens (tertiary/aromatic N) is 1. The van der Waals surface area contributed by atoms with Crippen molar-refractivity contribution in [3.8, 4) is 11.6 Å². The Labute approximate surface area is 135 Å². The van der Waals surface area contributed by atoms with Gasteiger partial charge in [-0.15, -0.1) is 0 Å². The van der Waals surface area contributed by atoms with Crippen LogP contribution >= 0.6 is 34.8 Å². The minimum Gasteiger partial charge on any atom is -0.465 e. The van der Waals surface area contributed by atoms with Gasteiger partial charge in [-0.1, -0.05) is 34.8 Å². The molecule has 1 aromatic heterocycles. The molecule has 2 rings (SSSR count). The Morgan fingerprint density at radius 3 is 2.52 bits per heavy atom. The number of ether oxygens (including phenoxy) is 2. The maximum atomic E-state index is 11.6. The van der Waals surface area contributed by atoms with Gasteiger partial charge in [0.25, 0.3) is 0 Å². The first-order valence-electron chi connectivity index (χ1n) is 5.59. The van der Waals surface area contributed by atoms with Crippen LogP contribution in [0.25, 0.3) is 0 Å². The van der Waals surface area contributed by atoms with Gasteiger partial charge in [0.2, 0.25) is 5.88 Å². The monoisotopic (exact) mass is 346 g/mol. The van der Waals surface area contributed by atoms with E-state index in [2.05, 4.69) is 9.72 Å². The summed E-state index contributed by atoms with van der Waals surface area (Å²) in [6, 6.07) is 4.28. The first-order valence-corrected chi connectivity index (χ1v) is 6.72. The minimum absolute atomic E-state index is 0.0122. The van der Waals surface area contributed by atoms with Gasteiger partial charge >= 0.3 is 5.97 Å². The highest BCUT2D eigenvalue weighted by Crippen LogP contribution is 2.37. The van der Waals surface area contributed by atoms with Crippen molar-refractivity contribution in [1.82, 2.24) is 4.98 Å².